The van der Waals surface area contributed by atoms with Crippen molar-refractivity contribution in [2.24, 2.45) is 0 Å². The number of aryl methyl sites for hydroxylation is 2. The molecule has 2 N–H and O–H groups in total. The average molecular weight is 385 g/mol. The lowest BCUT2D eigenvalue weighted by Crippen LogP contribution is -2.35. The Bertz CT molecular complexity index is 1080. The SMILES string of the molecule is Cc1ccc(-c2cc(C(=O)N[C@@H](C)CO)cc(-c3cc(C)ccc3C#N)c2)nc1. The normalized spacial score (nSPS) is 11.6. The molecule has 0 spiro atoms. The first-order valence-corrected chi connectivity index (χ1v) is 9.42. The lowest BCUT2D eigenvalue weighted by molar-refractivity contribution is 0.0922. The van der Waals surface area contributed by atoms with Gasteiger partial charge in [0.2, 0.25) is 0 Å². The number of carbonyl (C=O) groups is 1. The standard InChI is InChI=1S/C24H23N3O2/c1-15-4-6-18(12-25)22(8-15)19-9-20(23-7-5-16(2)13-26-23)11-21(10-19)24(29)27-17(3)14-28/h4-11,13,17,28H,14H2,1-3H3,(H,27,29)/t17-/m0/s1. The topological polar surface area (TPSA) is 86.0 Å². The van der Waals surface area contributed by atoms with Crippen molar-refractivity contribution in [2.45, 2.75) is 26.8 Å². The molecule has 0 aliphatic rings. The second kappa shape index (κ2) is 8.68. The highest BCUT2D eigenvalue weighted by Gasteiger charge is 2.15. The largest absolute Gasteiger partial charge is 0.394 e. The molecule has 2 aromatic carbocycles. The molecular weight excluding hydrogens is 362 g/mol. The number of hydrogen-bond donors (Lipinski definition) is 2. The quantitative estimate of drug-likeness (QED) is 0.695. The predicted molar refractivity (Wildman–Crippen MR) is 113 cm³/mol. The number of benzene rings is 2. The zero-order valence-electron chi connectivity index (χ0n) is 16.7. The number of nitrogens with one attached hydrogen (secondary N) is 1. The van der Waals surface area contributed by atoms with Crippen LogP contribution < -0.4 is 5.32 Å². The summed E-state index contributed by atoms with van der Waals surface area (Å²) in [5.41, 5.74) is 6.13. The van der Waals surface area contributed by atoms with Crippen molar-refractivity contribution in [3.63, 3.8) is 0 Å². The Morgan fingerprint density at radius 3 is 2.48 bits per heavy atom. The van der Waals surface area contributed by atoms with Crippen LogP contribution in [0.2, 0.25) is 0 Å². The van der Waals surface area contributed by atoms with Gasteiger partial charge in [-0.2, -0.15) is 5.26 Å². The molecule has 0 aliphatic heterocycles. The van der Waals surface area contributed by atoms with Crippen LogP contribution in [0.25, 0.3) is 22.4 Å². The van der Waals surface area contributed by atoms with Gasteiger partial charge >= 0.3 is 0 Å². The summed E-state index contributed by atoms with van der Waals surface area (Å²) < 4.78 is 0. The number of amides is 1. The Labute approximate surface area is 170 Å². The lowest BCUT2D eigenvalue weighted by Gasteiger charge is -2.14. The first-order chi connectivity index (χ1) is 13.9. The highest BCUT2D eigenvalue weighted by Crippen LogP contribution is 2.30. The van der Waals surface area contributed by atoms with Gasteiger partial charge in [0.15, 0.2) is 0 Å². The van der Waals surface area contributed by atoms with Gasteiger partial charge in [0.1, 0.15) is 0 Å². The minimum absolute atomic E-state index is 0.145. The van der Waals surface area contributed by atoms with Crippen molar-refractivity contribution in [3.8, 4) is 28.5 Å². The van der Waals surface area contributed by atoms with Crippen molar-refractivity contribution in [1.29, 1.82) is 5.26 Å². The van der Waals surface area contributed by atoms with Gasteiger partial charge in [-0.1, -0.05) is 23.8 Å². The second-order valence-electron chi connectivity index (χ2n) is 7.24. The summed E-state index contributed by atoms with van der Waals surface area (Å²) in [7, 11) is 0. The molecule has 0 unspecified atom stereocenters. The molecule has 1 aromatic heterocycles. The summed E-state index contributed by atoms with van der Waals surface area (Å²) in [4.78, 5) is 17.2. The molecule has 1 amide bonds. The van der Waals surface area contributed by atoms with Crippen molar-refractivity contribution < 1.29 is 9.90 Å². The van der Waals surface area contributed by atoms with Gasteiger partial charge in [-0.3, -0.25) is 9.78 Å². The molecule has 0 aliphatic carbocycles. The molecule has 3 aromatic rings. The molecule has 0 radical (unpaired) electrons. The van der Waals surface area contributed by atoms with Gasteiger partial charge in [-0.05, 0) is 67.8 Å². The molecule has 1 atom stereocenters. The number of aromatic nitrogens is 1. The third kappa shape index (κ3) is 4.68. The highest BCUT2D eigenvalue weighted by molar-refractivity contribution is 5.97. The van der Waals surface area contributed by atoms with Crippen LogP contribution in [-0.4, -0.2) is 28.6 Å². The van der Waals surface area contributed by atoms with E-state index in [-0.39, 0.29) is 18.6 Å². The van der Waals surface area contributed by atoms with E-state index in [4.69, 9.17) is 0 Å². The summed E-state index contributed by atoms with van der Waals surface area (Å²) in [6.07, 6.45) is 1.78. The lowest BCUT2D eigenvalue weighted by atomic mass is 9.93. The molecule has 5 heteroatoms. The van der Waals surface area contributed by atoms with E-state index in [9.17, 15) is 15.2 Å². The Hall–Kier alpha value is -3.49. The first-order valence-electron chi connectivity index (χ1n) is 9.42. The molecule has 0 fully saturated rings. The number of aliphatic hydroxyl groups is 1. The van der Waals surface area contributed by atoms with E-state index in [1.54, 1.807) is 31.3 Å². The summed E-state index contributed by atoms with van der Waals surface area (Å²) >= 11 is 0. The fourth-order valence-electron chi connectivity index (χ4n) is 3.05. The fraction of sp³-hybridized carbons (Fsp3) is 0.208. The molecule has 29 heavy (non-hydrogen) atoms. The summed E-state index contributed by atoms with van der Waals surface area (Å²) in [5, 5.41) is 21.6. The van der Waals surface area contributed by atoms with Gasteiger partial charge < -0.3 is 10.4 Å². The molecule has 0 bridgehead atoms. The van der Waals surface area contributed by atoms with Gasteiger partial charge in [-0.15, -0.1) is 0 Å². The number of aliphatic hydroxyl groups excluding tert-OH is 1. The zero-order chi connectivity index (χ0) is 21.0. The summed E-state index contributed by atoms with van der Waals surface area (Å²) in [6.45, 7) is 5.52. The number of nitriles is 1. The van der Waals surface area contributed by atoms with Crippen molar-refractivity contribution in [2.75, 3.05) is 6.61 Å². The van der Waals surface area contributed by atoms with Gasteiger partial charge in [0.25, 0.3) is 5.91 Å². The van der Waals surface area contributed by atoms with Crippen LogP contribution in [0.1, 0.15) is 34.0 Å². The Balaban J connectivity index is 2.18. The zero-order valence-corrected chi connectivity index (χ0v) is 16.7. The van der Waals surface area contributed by atoms with E-state index < -0.39 is 0 Å². The fourth-order valence-corrected chi connectivity index (χ4v) is 3.05. The molecule has 0 saturated carbocycles. The van der Waals surface area contributed by atoms with Crippen LogP contribution in [0.5, 0.6) is 0 Å². The molecule has 5 nitrogen and oxygen atoms in total. The maximum atomic E-state index is 12.7. The maximum absolute atomic E-state index is 12.7. The van der Waals surface area contributed by atoms with Crippen LogP contribution in [0, 0.1) is 25.2 Å². The summed E-state index contributed by atoms with van der Waals surface area (Å²) in [6, 6.07) is 16.9. The minimum atomic E-state index is -0.360. The Kier molecular flexibility index (Phi) is 6.06. The number of hydrogen-bond acceptors (Lipinski definition) is 4. The molecule has 3 rings (SSSR count). The van der Waals surface area contributed by atoms with E-state index in [2.05, 4.69) is 16.4 Å². The van der Waals surface area contributed by atoms with Gasteiger partial charge in [0, 0.05) is 23.4 Å². The number of rotatable bonds is 5. The van der Waals surface area contributed by atoms with Crippen molar-refractivity contribution in [3.05, 3.63) is 77.0 Å². The monoisotopic (exact) mass is 385 g/mol. The Morgan fingerprint density at radius 2 is 1.83 bits per heavy atom. The minimum Gasteiger partial charge on any atom is -0.394 e. The Morgan fingerprint density at radius 1 is 1.10 bits per heavy atom. The van der Waals surface area contributed by atoms with Crippen molar-refractivity contribution in [1.82, 2.24) is 10.3 Å². The van der Waals surface area contributed by atoms with E-state index in [0.717, 1.165) is 33.5 Å². The summed E-state index contributed by atoms with van der Waals surface area (Å²) in [5.74, 6) is -0.284. The van der Waals surface area contributed by atoms with E-state index in [1.807, 2.05) is 44.2 Å². The number of pyridine rings is 1. The smallest absolute Gasteiger partial charge is 0.251 e. The van der Waals surface area contributed by atoms with E-state index >= 15 is 0 Å². The second-order valence-corrected chi connectivity index (χ2v) is 7.24. The van der Waals surface area contributed by atoms with E-state index in [0.29, 0.717) is 11.1 Å². The van der Waals surface area contributed by atoms with Crippen LogP contribution in [0.3, 0.4) is 0 Å². The van der Waals surface area contributed by atoms with Crippen LogP contribution in [0.4, 0.5) is 0 Å². The third-order valence-electron chi connectivity index (χ3n) is 4.66. The van der Waals surface area contributed by atoms with Gasteiger partial charge in [-0.25, -0.2) is 0 Å². The highest BCUT2D eigenvalue weighted by atomic mass is 16.3. The van der Waals surface area contributed by atoms with Gasteiger partial charge in [0.05, 0.1) is 23.9 Å². The van der Waals surface area contributed by atoms with Crippen molar-refractivity contribution >= 4 is 5.91 Å². The average Bonchev–Trinajstić information content (AvgIpc) is 2.73. The molecule has 1 heterocycles. The number of carbonyl (C=O) groups excluding carboxylic acids is 1. The van der Waals surface area contributed by atoms with Crippen LogP contribution in [0.15, 0.2) is 54.7 Å². The molecular formula is C24H23N3O2. The van der Waals surface area contributed by atoms with E-state index in [1.165, 1.54) is 0 Å². The first kappa shape index (κ1) is 20.2. The molecule has 0 saturated heterocycles. The maximum Gasteiger partial charge on any atom is 0.251 e. The van der Waals surface area contributed by atoms with Crippen LogP contribution >= 0.6 is 0 Å². The predicted octanol–water partition coefficient (Wildman–Crippen LogP) is 4.01. The van der Waals surface area contributed by atoms with Crippen LogP contribution in [-0.2, 0) is 0 Å². The third-order valence-corrected chi connectivity index (χ3v) is 4.66. The number of nitrogens with zero attached hydrogens (tertiary/aromatic N) is 2. The molecule has 146 valence electrons.